The molecule has 2 aromatic carbocycles. The monoisotopic (exact) mass is 448 g/mol. The molecule has 0 bridgehead atoms. The van der Waals surface area contributed by atoms with Crippen molar-refractivity contribution in [3.05, 3.63) is 72.2 Å². The molecule has 0 radical (unpaired) electrons. The third-order valence-electron chi connectivity index (χ3n) is 6.54. The van der Waals surface area contributed by atoms with E-state index in [0.29, 0.717) is 25.2 Å². The lowest BCUT2D eigenvalue weighted by Gasteiger charge is -2.34. The summed E-state index contributed by atoms with van der Waals surface area (Å²) in [6.45, 7) is 2.12. The van der Waals surface area contributed by atoms with Crippen LogP contribution in [0.3, 0.4) is 0 Å². The molecule has 0 spiro atoms. The fraction of sp³-hybridized carbons (Fsp3) is 0.407. The minimum absolute atomic E-state index is 0.303. The van der Waals surface area contributed by atoms with Gasteiger partial charge in [0.25, 0.3) is 0 Å². The molecule has 2 heterocycles. The molecule has 174 valence electrons. The fourth-order valence-electron chi connectivity index (χ4n) is 4.70. The number of nitrogens with zero attached hydrogens (tertiary/aromatic N) is 1. The van der Waals surface area contributed by atoms with Gasteiger partial charge < -0.3 is 19.2 Å². The second-order valence-electron chi connectivity index (χ2n) is 8.80. The second-order valence-corrected chi connectivity index (χ2v) is 8.80. The highest BCUT2D eigenvalue weighted by Gasteiger charge is 2.25. The maximum atomic E-state index is 6.33. The molecule has 1 atom stereocenters. The molecule has 2 aliphatic rings. The molecule has 3 aromatic rings. The van der Waals surface area contributed by atoms with Gasteiger partial charge in [-0.3, -0.25) is 9.90 Å². The molecule has 0 amide bonds. The lowest BCUT2D eigenvalue weighted by atomic mass is 9.94. The summed E-state index contributed by atoms with van der Waals surface area (Å²) in [5.41, 5.74) is 3.34. The molecular formula is C27H32N2O4. The van der Waals surface area contributed by atoms with Gasteiger partial charge >= 0.3 is 0 Å². The molecule has 6 heteroatoms. The van der Waals surface area contributed by atoms with Crippen molar-refractivity contribution in [1.29, 1.82) is 0 Å². The quantitative estimate of drug-likeness (QED) is 0.446. The van der Waals surface area contributed by atoms with Crippen LogP contribution in [0.1, 0.15) is 49.3 Å². The van der Waals surface area contributed by atoms with Gasteiger partial charge in [-0.15, -0.1) is 0 Å². The Morgan fingerprint density at radius 1 is 1.00 bits per heavy atom. The van der Waals surface area contributed by atoms with Crippen LogP contribution in [0, 0.1) is 0 Å². The lowest BCUT2D eigenvalue weighted by Crippen LogP contribution is -2.35. The Balaban J connectivity index is 1.28. The molecule has 1 saturated heterocycles. The molecular weight excluding hydrogens is 416 g/mol. The Morgan fingerprint density at radius 3 is 2.73 bits per heavy atom. The van der Waals surface area contributed by atoms with Crippen molar-refractivity contribution in [2.75, 3.05) is 30.6 Å². The van der Waals surface area contributed by atoms with Crippen LogP contribution in [0.4, 0.5) is 11.4 Å². The van der Waals surface area contributed by atoms with Crippen LogP contribution in [0.25, 0.3) is 0 Å². The van der Waals surface area contributed by atoms with Gasteiger partial charge in [0.15, 0.2) is 11.5 Å². The van der Waals surface area contributed by atoms with Gasteiger partial charge in [-0.25, -0.2) is 0 Å². The smallest absolute Gasteiger partial charge is 0.161 e. The molecule has 1 aliphatic carbocycles. The zero-order valence-electron chi connectivity index (χ0n) is 19.2. The van der Waals surface area contributed by atoms with Crippen molar-refractivity contribution < 1.29 is 18.7 Å². The van der Waals surface area contributed by atoms with E-state index in [1.165, 1.54) is 18.4 Å². The van der Waals surface area contributed by atoms with Gasteiger partial charge in [0.05, 0.1) is 44.9 Å². The van der Waals surface area contributed by atoms with Crippen LogP contribution in [0.5, 0.6) is 11.5 Å². The van der Waals surface area contributed by atoms with Crippen molar-refractivity contribution >= 4 is 11.4 Å². The zero-order valence-corrected chi connectivity index (χ0v) is 19.2. The SMILES string of the molecule is COc1ccc(C2CCON(c3cccc(NCc4ccco4)c3)C2)cc1OC1CCCC1. The van der Waals surface area contributed by atoms with Crippen molar-refractivity contribution in [3.63, 3.8) is 0 Å². The average Bonchev–Trinajstić information content (AvgIpc) is 3.58. The zero-order chi connectivity index (χ0) is 22.5. The minimum atomic E-state index is 0.303. The Morgan fingerprint density at radius 2 is 1.91 bits per heavy atom. The van der Waals surface area contributed by atoms with Crippen LogP contribution in [-0.4, -0.2) is 26.4 Å². The van der Waals surface area contributed by atoms with Crippen LogP contribution in [0.2, 0.25) is 0 Å². The molecule has 2 fully saturated rings. The minimum Gasteiger partial charge on any atom is -0.493 e. The summed E-state index contributed by atoms with van der Waals surface area (Å²) in [5.74, 6) is 2.94. The van der Waals surface area contributed by atoms with Gasteiger partial charge in [0.2, 0.25) is 0 Å². The first-order chi connectivity index (χ1) is 16.3. The standard InChI is InChI=1S/C27H32N2O4/c1-30-26-12-11-20(16-27(26)33-24-8-2-3-9-24)21-13-15-32-29(19-21)23-7-4-6-22(17-23)28-18-25-10-5-14-31-25/h4-7,10-12,14,16-17,21,24,28H,2-3,8-9,13,15,18-19H2,1H3. The summed E-state index contributed by atoms with van der Waals surface area (Å²) in [5, 5.41) is 5.43. The third-order valence-corrected chi connectivity index (χ3v) is 6.54. The fourth-order valence-corrected chi connectivity index (χ4v) is 4.70. The number of nitrogens with one attached hydrogen (secondary N) is 1. The molecule has 1 saturated carbocycles. The number of anilines is 2. The van der Waals surface area contributed by atoms with Crippen LogP contribution in [-0.2, 0) is 11.4 Å². The maximum Gasteiger partial charge on any atom is 0.161 e. The largest absolute Gasteiger partial charge is 0.493 e. The van der Waals surface area contributed by atoms with Crippen LogP contribution < -0.4 is 19.9 Å². The van der Waals surface area contributed by atoms with Crippen molar-refractivity contribution in [3.8, 4) is 11.5 Å². The molecule has 6 nitrogen and oxygen atoms in total. The molecule has 5 rings (SSSR count). The Labute approximate surface area is 195 Å². The van der Waals surface area contributed by atoms with Gasteiger partial charge in [-0.1, -0.05) is 12.1 Å². The molecule has 33 heavy (non-hydrogen) atoms. The van der Waals surface area contributed by atoms with E-state index in [9.17, 15) is 0 Å². The number of hydrogen-bond acceptors (Lipinski definition) is 6. The van der Waals surface area contributed by atoms with Gasteiger partial charge in [0, 0.05) is 11.6 Å². The summed E-state index contributed by atoms with van der Waals surface area (Å²) in [4.78, 5) is 6.03. The summed E-state index contributed by atoms with van der Waals surface area (Å²) < 4.78 is 17.3. The van der Waals surface area contributed by atoms with E-state index in [2.05, 4.69) is 35.6 Å². The average molecular weight is 449 g/mol. The van der Waals surface area contributed by atoms with Crippen molar-refractivity contribution in [2.24, 2.45) is 0 Å². The van der Waals surface area contributed by atoms with E-state index in [-0.39, 0.29) is 0 Å². The summed E-state index contributed by atoms with van der Waals surface area (Å²) in [6, 6.07) is 18.6. The number of ether oxygens (including phenoxy) is 2. The van der Waals surface area contributed by atoms with E-state index < -0.39 is 0 Å². The highest BCUT2D eigenvalue weighted by atomic mass is 16.7. The number of benzene rings is 2. The van der Waals surface area contributed by atoms with Gasteiger partial charge in [-0.05, 0) is 80.1 Å². The number of hydrogen-bond donors (Lipinski definition) is 1. The van der Waals surface area contributed by atoms with E-state index in [1.54, 1.807) is 13.4 Å². The number of furan rings is 1. The van der Waals surface area contributed by atoms with Crippen LogP contribution in [0.15, 0.2) is 65.3 Å². The van der Waals surface area contributed by atoms with E-state index in [1.807, 2.05) is 29.3 Å². The first-order valence-electron chi connectivity index (χ1n) is 11.9. The van der Waals surface area contributed by atoms with Gasteiger partial charge in [-0.2, -0.15) is 0 Å². The molecule has 1 unspecified atom stereocenters. The van der Waals surface area contributed by atoms with E-state index in [0.717, 1.165) is 54.4 Å². The highest BCUT2D eigenvalue weighted by Crippen LogP contribution is 2.37. The number of rotatable bonds is 8. The highest BCUT2D eigenvalue weighted by molar-refractivity contribution is 5.57. The van der Waals surface area contributed by atoms with E-state index >= 15 is 0 Å². The summed E-state index contributed by atoms with van der Waals surface area (Å²) in [7, 11) is 1.71. The van der Waals surface area contributed by atoms with E-state index in [4.69, 9.17) is 18.7 Å². The summed E-state index contributed by atoms with van der Waals surface area (Å²) in [6.07, 6.45) is 7.72. The second kappa shape index (κ2) is 10.2. The van der Waals surface area contributed by atoms with Crippen molar-refractivity contribution in [2.45, 2.75) is 50.7 Å². The predicted molar refractivity (Wildman–Crippen MR) is 129 cm³/mol. The molecule has 1 N–H and O–H groups in total. The van der Waals surface area contributed by atoms with Gasteiger partial charge in [0.1, 0.15) is 5.76 Å². The molecule has 1 aliphatic heterocycles. The first-order valence-corrected chi connectivity index (χ1v) is 11.9. The lowest BCUT2D eigenvalue weighted by molar-refractivity contribution is 0.0681. The maximum absolute atomic E-state index is 6.33. The Bertz CT molecular complexity index is 1030. The third kappa shape index (κ3) is 5.28. The van der Waals surface area contributed by atoms with Crippen LogP contribution >= 0.6 is 0 Å². The topological polar surface area (TPSA) is 56.1 Å². The van der Waals surface area contributed by atoms with Crippen molar-refractivity contribution in [1.82, 2.24) is 0 Å². The predicted octanol–water partition coefficient (Wildman–Crippen LogP) is 6.15. The Kier molecular flexibility index (Phi) is 6.72. The number of methoxy groups -OCH3 is 1. The first kappa shape index (κ1) is 21.7. The number of hydroxylamine groups is 1. The normalized spacial score (nSPS) is 18.9. The molecule has 1 aromatic heterocycles. The Hall–Kier alpha value is -3.12. The summed E-state index contributed by atoms with van der Waals surface area (Å²) >= 11 is 0.